The quantitative estimate of drug-likeness (QED) is 0.738. The lowest BCUT2D eigenvalue weighted by Gasteiger charge is -2.40. The third-order valence-electron chi connectivity index (χ3n) is 4.60. The van der Waals surface area contributed by atoms with E-state index in [0.717, 1.165) is 25.8 Å². The van der Waals surface area contributed by atoms with Gasteiger partial charge in [-0.1, -0.05) is 0 Å². The fraction of sp³-hybridized carbons (Fsp3) is 0.867. The molecule has 1 N–H and O–H groups in total. The van der Waals surface area contributed by atoms with Crippen LogP contribution in [0.4, 0.5) is 0 Å². The molecule has 2 amide bonds. The van der Waals surface area contributed by atoms with Gasteiger partial charge in [-0.05, 0) is 19.3 Å². The minimum absolute atomic E-state index is 0. The lowest BCUT2D eigenvalue weighted by atomic mass is 9.99. The maximum atomic E-state index is 12.8. The van der Waals surface area contributed by atoms with Gasteiger partial charge in [0.1, 0.15) is 12.1 Å². The van der Waals surface area contributed by atoms with E-state index in [1.807, 2.05) is 4.90 Å². The minimum Gasteiger partial charge on any atom is -0.378 e. The second-order valence-electron chi connectivity index (χ2n) is 6.04. The molecule has 3 heterocycles. The van der Waals surface area contributed by atoms with Crippen molar-refractivity contribution in [3.05, 3.63) is 0 Å². The van der Waals surface area contributed by atoms with Gasteiger partial charge in [0.15, 0.2) is 0 Å². The van der Waals surface area contributed by atoms with Gasteiger partial charge < -0.3 is 24.6 Å². The van der Waals surface area contributed by atoms with Crippen LogP contribution < -0.4 is 5.32 Å². The summed E-state index contributed by atoms with van der Waals surface area (Å²) in [6, 6.07) is -0.329. The van der Waals surface area contributed by atoms with E-state index in [1.165, 1.54) is 0 Å². The Morgan fingerprint density at radius 1 is 1.00 bits per heavy atom. The van der Waals surface area contributed by atoms with Crippen LogP contribution in [0.15, 0.2) is 0 Å². The van der Waals surface area contributed by atoms with Gasteiger partial charge >= 0.3 is 0 Å². The number of morpholine rings is 2. The molecule has 0 saturated carbocycles. The highest BCUT2D eigenvalue weighted by Crippen LogP contribution is 2.21. The zero-order valence-electron chi connectivity index (χ0n) is 13.4. The van der Waals surface area contributed by atoms with Crippen LogP contribution in [0.25, 0.3) is 0 Å². The molecule has 0 radical (unpaired) electrons. The fourth-order valence-corrected chi connectivity index (χ4v) is 3.36. The number of nitrogens with one attached hydrogen (secondary N) is 1. The Labute approximate surface area is 143 Å². The normalized spacial score (nSPS) is 28.9. The van der Waals surface area contributed by atoms with Crippen molar-refractivity contribution in [2.45, 2.75) is 31.4 Å². The molecule has 8 heteroatoms. The first-order valence-electron chi connectivity index (χ1n) is 8.27. The summed E-state index contributed by atoms with van der Waals surface area (Å²) in [6.07, 6.45) is 2.25. The minimum atomic E-state index is -0.452. The number of rotatable bonds is 2. The van der Waals surface area contributed by atoms with E-state index in [2.05, 4.69) is 5.32 Å². The van der Waals surface area contributed by atoms with Crippen LogP contribution in [0.2, 0.25) is 0 Å². The number of piperidine rings is 1. The van der Waals surface area contributed by atoms with Gasteiger partial charge in [-0.3, -0.25) is 9.59 Å². The number of halogens is 1. The molecule has 0 bridgehead atoms. The second kappa shape index (κ2) is 8.82. The highest BCUT2D eigenvalue weighted by molar-refractivity contribution is 5.90. The van der Waals surface area contributed by atoms with Crippen molar-refractivity contribution in [1.82, 2.24) is 15.1 Å². The number of carbonyl (C=O) groups is 2. The van der Waals surface area contributed by atoms with Crippen LogP contribution in [0, 0.1) is 0 Å². The molecule has 0 aromatic heterocycles. The predicted octanol–water partition coefficient (Wildman–Crippen LogP) is -0.363. The Morgan fingerprint density at radius 3 is 2.48 bits per heavy atom. The zero-order chi connectivity index (χ0) is 15.4. The Bertz CT molecular complexity index is 374. The van der Waals surface area contributed by atoms with E-state index in [-0.39, 0.29) is 30.3 Å². The summed E-state index contributed by atoms with van der Waals surface area (Å²) in [7, 11) is 0. The maximum absolute atomic E-state index is 12.8. The molecular formula is C15H26ClN3O4. The summed E-state index contributed by atoms with van der Waals surface area (Å²) >= 11 is 0. The number of likely N-dealkylation sites (tertiary alicyclic amines) is 1. The Morgan fingerprint density at radius 2 is 1.78 bits per heavy atom. The monoisotopic (exact) mass is 347 g/mol. The number of hydrogen-bond donors (Lipinski definition) is 1. The maximum Gasteiger partial charge on any atom is 0.253 e. The molecule has 0 aromatic rings. The lowest BCUT2D eigenvalue weighted by molar-refractivity contribution is -0.157. The zero-order valence-corrected chi connectivity index (χ0v) is 14.2. The van der Waals surface area contributed by atoms with Gasteiger partial charge in [0.2, 0.25) is 5.91 Å². The van der Waals surface area contributed by atoms with Crippen LogP contribution in [0.1, 0.15) is 19.3 Å². The van der Waals surface area contributed by atoms with E-state index >= 15 is 0 Å². The smallest absolute Gasteiger partial charge is 0.253 e. The number of hydrogen-bond acceptors (Lipinski definition) is 5. The highest BCUT2D eigenvalue weighted by Gasteiger charge is 2.38. The van der Waals surface area contributed by atoms with Gasteiger partial charge in [0.25, 0.3) is 5.91 Å². The number of amides is 2. The Hall–Kier alpha value is -0.890. The third kappa shape index (κ3) is 4.35. The van der Waals surface area contributed by atoms with Crippen molar-refractivity contribution >= 4 is 24.2 Å². The van der Waals surface area contributed by atoms with Crippen molar-refractivity contribution < 1.29 is 19.1 Å². The molecule has 2 atom stereocenters. The summed E-state index contributed by atoms with van der Waals surface area (Å²) in [4.78, 5) is 29.1. The molecular weight excluding hydrogens is 322 g/mol. The average molecular weight is 348 g/mol. The SMILES string of the molecule is Cl.O=C(C1CCCCN1C(=O)C1CNCCO1)N1CCOCC1. The van der Waals surface area contributed by atoms with Gasteiger partial charge in [0, 0.05) is 32.7 Å². The molecule has 3 rings (SSSR count). The van der Waals surface area contributed by atoms with E-state index in [4.69, 9.17) is 9.47 Å². The molecule has 132 valence electrons. The van der Waals surface area contributed by atoms with E-state index in [1.54, 1.807) is 4.90 Å². The molecule has 2 unspecified atom stereocenters. The third-order valence-corrected chi connectivity index (χ3v) is 4.60. The van der Waals surface area contributed by atoms with E-state index < -0.39 is 6.10 Å². The first-order valence-corrected chi connectivity index (χ1v) is 8.27. The predicted molar refractivity (Wildman–Crippen MR) is 86.6 cm³/mol. The summed E-state index contributed by atoms with van der Waals surface area (Å²) in [5.41, 5.74) is 0. The highest BCUT2D eigenvalue weighted by atomic mass is 35.5. The Balaban J connectivity index is 0.00000192. The van der Waals surface area contributed by atoms with Crippen LogP contribution in [-0.4, -0.2) is 86.3 Å². The fourth-order valence-electron chi connectivity index (χ4n) is 3.36. The summed E-state index contributed by atoms with van der Waals surface area (Å²) in [5, 5.41) is 3.18. The van der Waals surface area contributed by atoms with Gasteiger partial charge in [-0.2, -0.15) is 0 Å². The molecule has 0 aliphatic carbocycles. The molecule has 3 fully saturated rings. The van der Waals surface area contributed by atoms with Crippen molar-refractivity contribution in [3.63, 3.8) is 0 Å². The summed E-state index contributed by atoms with van der Waals surface area (Å²) < 4.78 is 10.9. The van der Waals surface area contributed by atoms with Gasteiger partial charge in [-0.25, -0.2) is 0 Å². The van der Waals surface area contributed by atoms with Crippen molar-refractivity contribution in [3.8, 4) is 0 Å². The second-order valence-corrected chi connectivity index (χ2v) is 6.04. The van der Waals surface area contributed by atoms with Crippen molar-refractivity contribution in [2.24, 2.45) is 0 Å². The molecule has 23 heavy (non-hydrogen) atoms. The van der Waals surface area contributed by atoms with Crippen LogP contribution in [0.5, 0.6) is 0 Å². The lowest BCUT2D eigenvalue weighted by Crippen LogP contribution is -2.59. The van der Waals surface area contributed by atoms with E-state index in [9.17, 15) is 9.59 Å². The standard InChI is InChI=1S/C15H25N3O4.ClH/c19-14(17-6-9-21-10-7-17)12-3-1-2-5-18(12)15(20)13-11-16-4-8-22-13;/h12-13,16H,1-11H2;1H. The van der Waals surface area contributed by atoms with Crippen LogP contribution >= 0.6 is 12.4 Å². The first-order chi connectivity index (χ1) is 10.8. The molecule has 3 aliphatic heterocycles. The van der Waals surface area contributed by atoms with Crippen molar-refractivity contribution in [1.29, 1.82) is 0 Å². The van der Waals surface area contributed by atoms with E-state index in [0.29, 0.717) is 46.0 Å². The number of carbonyl (C=O) groups excluding carboxylic acids is 2. The average Bonchev–Trinajstić information content (AvgIpc) is 2.62. The van der Waals surface area contributed by atoms with Crippen LogP contribution in [0.3, 0.4) is 0 Å². The summed E-state index contributed by atoms with van der Waals surface area (Å²) in [6.45, 7) is 4.93. The van der Waals surface area contributed by atoms with Crippen LogP contribution in [-0.2, 0) is 19.1 Å². The largest absolute Gasteiger partial charge is 0.378 e. The Kier molecular flexibility index (Phi) is 7.08. The molecule has 0 aromatic carbocycles. The molecule has 7 nitrogen and oxygen atoms in total. The van der Waals surface area contributed by atoms with Crippen molar-refractivity contribution in [2.75, 3.05) is 52.5 Å². The number of ether oxygens (including phenoxy) is 2. The van der Waals surface area contributed by atoms with Gasteiger partial charge in [0.05, 0.1) is 19.8 Å². The molecule has 3 saturated heterocycles. The number of nitrogens with zero attached hydrogens (tertiary/aromatic N) is 2. The topological polar surface area (TPSA) is 71.1 Å². The first kappa shape index (κ1) is 18.4. The molecule has 3 aliphatic rings. The summed E-state index contributed by atoms with van der Waals surface area (Å²) in [5.74, 6) is 0.0265. The van der Waals surface area contributed by atoms with Gasteiger partial charge in [-0.15, -0.1) is 12.4 Å². The molecule has 0 spiro atoms.